The van der Waals surface area contributed by atoms with E-state index in [1.54, 1.807) is 6.07 Å². The number of nitrogens with one attached hydrogen (secondary N) is 2. The number of aromatic nitrogens is 1. The molecular formula is C10H15N3O4S. The van der Waals surface area contributed by atoms with Crippen molar-refractivity contribution in [2.45, 2.75) is 0 Å². The Hall–Kier alpha value is -1.67. The Morgan fingerprint density at radius 2 is 2.17 bits per heavy atom. The SMILES string of the molecule is COC(=O)c1cc(NCCNS(C)(=O)=O)ccn1. The lowest BCUT2D eigenvalue weighted by Gasteiger charge is -2.07. The average Bonchev–Trinajstić information content (AvgIpc) is 2.33. The molecule has 7 nitrogen and oxygen atoms in total. The van der Waals surface area contributed by atoms with E-state index < -0.39 is 16.0 Å². The summed E-state index contributed by atoms with van der Waals surface area (Å²) in [4.78, 5) is 15.1. The zero-order valence-corrected chi connectivity index (χ0v) is 11.0. The summed E-state index contributed by atoms with van der Waals surface area (Å²) in [5, 5.41) is 2.96. The van der Waals surface area contributed by atoms with Gasteiger partial charge < -0.3 is 10.1 Å². The summed E-state index contributed by atoms with van der Waals surface area (Å²) < 4.78 is 28.5. The maximum Gasteiger partial charge on any atom is 0.356 e. The molecule has 0 bridgehead atoms. The highest BCUT2D eigenvalue weighted by molar-refractivity contribution is 7.88. The number of sulfonamides is 1. The zero-order valence-electron chi connectivity index (χ0n) is 10.1. The molecule has 18 heavy (non-hydrogen) atoms. The fraction of sp³-hybridized carbons (Fsp3) is 0.400. The predicted octanol–water partition coefficient (Wildman–Crippen LogP) is -0.171. The molecule has 0 amide bonds. The Labute approximate surface area is 106 Å². The second-order valence-corrected chi connectivity index (χ2v) is 5.35. The Kier molecular flexibility index (Phi) is 5.05. The molecule has 100 valence electrons. The van der Waals surface area contributed by atoms with Gasteiger partial charge in [0.25, 0.3) is 0 Å². The summed E-state index contributed by atoms with van der Waals surface area (Å²) in [6.45, 7) is 0.659. The molecule has 0 aliphatic heterocycles. The van der Waals surface area contributed by atoms with Crippen LogP contribution in [-0.4, -0.2) is 45.8 Å². The third-order valence-corrected chi connectivity index (χ3v) is 2.70. The molecule has 8 heteroatoms. The molecule has 0 fully saturated rings. The maximum absolute atomic E-state index is 11.2. The number of pyridine rings is 1. The molecule has 0 saturated heterocycles. The minimum absolute atomic E-state index is 0.193. The largest absolute Gasteiger partial charge is 0.464 e. The molecule has 0 aliphatic rings. The highest BCUT2D eigenvalue weighted by Gasteiger charge is 2.07. The first kappa shape index (κ1) is 14.4. The molecular weight excluding hydrogens is 258 g/mol. The van der Waals surface area contributed by atoms with Crippen molar-refractivity contribution in [1.82, 2.24) is 9.71 Å². The van der Waals surface area contributed by atoms with Gasteiger partial charge in [-0.25, -0.2) is 22.9 Å². The van der Waals surface area contributed by atoms with Crippen LogP contribution in [0.2, 0.25) is 0 Å². The summed E-state index contributed by atoms with van der Waals surface area (Å²) in [5.74, 6) is -0.520. The average molecular weight is 273 g/mol. The van der Waals surface area contributed by atoms with E-state index in [0.29, 0.717) is 12.2 Å². The monoisotopic (exact) mass is 273 g/mol. The first-order chi connectivity index (χ1) is 8.42. The second kappa shape index (κ2) is 6.31. The molecule has 0 radical (unpaired) electrons. The first-order valence-corrected chi connectivity index (χ1v) is 7.04. The Bertz CT molecular complexity index is 516. The van der Waals surface area contributed by atoms with Gasteiger partial charge in [0.15, 0.2) is 0 Å². The summed E-state index contributed by atoms with van der Waals surface area (Å²) in [7, 11) is -1.90. The Morgan fingerprint density at radius 3 is 2.78 bits per heavy atom. The van der Waals surface area contributed by atoms with Crippen LogP contribution in [0.3, 0.4) is 0 Å². The number of methoxy groups -OCH3 is 1. The Morgan fingerprint density at radius 1 is 1.44 bits per heavy atom. The number of hydrogen-bond acceptors (Lipinski definition) is 6. The third-order valence-electron chi connectivity index (χ3n) is 1.97. The maximum atomic E-state index is 11.2. The van der Waals surface area contributed by atoms with Crippen molar-refractivity contribution < 1.29 is 17.9 Å². The third kappa shape index (κ3) is 5.11. The van der Waals surface area contributed by atoms with Crippen molar-refractivity contribution in [3.63, 3.8) is 0 Å². The molecule has 0 saturated carbocycles. The van der Waals surface area contributed by atoms with Gasteiger partial charge in [0.1, 0.15) is 5.69 Å². The van der Waals surface area contributed by atoms with Crippen LogP contribution in [-0.2, 0) is 14.8 Å². The molecule has 0 spiro atoms. The fourth-order valence-corrected chi connectivity index (χ4v) is 1.67. The number of carbonyl (C=O) groups is 1. The molecule has 1 heterocycles. The van der Waals surface area contributed by atoms with Gasteiger partial charge in [0.05, 0.1) is 13.4 Å². The first-order valence-electron chi connectivity index (χ1n) is 5.15. The van der Waals surface area contributed by atoms with Gasteiger partial charge in [-0.05, 0) is 12.1 Å². The van der Waals surface area contributed by atoms with Crippen molar-refractivity contribution >= 4 is 21.7 Å². The smallest absolute Gasteiger partial charge is 0.356 e. The van der Waals surface area contributed by atoms with Gasteiger partial charge in [-0.2, -0.15) is 0 Å². The number of nitrogens with zero attached hydrogens (tertiary/aromatic N) is 1. The molecule has 0 aromatic carbocycles. The highest BCUT2D eigenvalue weighted by Crippen LogP contribution is 2.08. The number of ether oxygens (including phenoxy) is 1. The van der Waals surface area contributed by atoms with E-state index in [2.05, 4.69) is 19.8 Å². The second-order valence-electron chi connectivity index (χ2n) is 3.51. The van der Waals surface area contributed by atoms with E-state index in [0.717, 1.165) is 6.26 Å². The van der Waals surface area contributed by atoms with Crippen LogP contribution in [0.5, 0.6) is 0 Å². The van der Waals surface area contributed by atoms with Crippen LogP contribution in [0.15, 0.2) is 18.3 Å². The normalized spacial score (nSPS) is 11.0. The van der Waals surface area contributed by atoms with E-state index in [9.17, 15) is 13.2 Å². The fourth-order valence-electron chi connectivity index (χ4n) is 1.20. The van der Waals surface area contributed by atoms with Gasteiger partial charge in [0.2, 0.25) is 10.0 Å². The molecule has 1 aromatic heterocycles. The van der Waals surface area contributed by atoms with Crippen LogP contribution >= 0.6 is 0 Å². The standard InChI is InChI=1S/C10H15N3O4S/c1-17-10(14)9-7-8(3-4-12-9)11-5-6-13-18(2,15)16/h3-4,7,13H,5-6H2,1-2H3,(H,11,12). The zero-order chi connectivity index (χ0) is 13.6. The number of esters is 1. The van der Waals surface area contributed by atoms with E-state index in [-0.39, 0.29) is 12.2 Å². The van der Waals surface area contributed by atoms with Crippen LogP contribution < -0.4 is 10.0 Å². The van der Waals surface area contributed by atoms with Crippen molar-refractivity contribution in [1.29, 1.82) is 0 Å². The summed E-state index contributed by atoms with van der Waals surface area (Å²) in [6.07, 6.45) is 2.56. The van der Waals surface area contributed by atoms with Gasteiger partial charge in [-0.1, -0.05) is 0 Å². The minimum atomic E-state index is -3.18. The van der Waals surface area contributed by atoms with E-state index in [1.807, 2.05) is 0 Å². The number of anilines is 1. The van der Waals surface area contributed by atoms with Crippen molar-refractivity contribution in [3.05, 3.63) is 24.0 Å². The molecule has 0 atom stereocenters. The van der Waals surface area contributed by atoms with Crippen LogP contribution in [0.1, 0.15) is 10.5 Å². The van der Waals surface area contributed by atoms with Crippen LogP contribution in [0.4, 0.5) is 5.69 Å². The van der Waals surface area contributed by atoms with Crippen molar-refractivity contribution in [2.75, 3.05) is 31.8 Å². The number of hydrogen-bond donors (Lipinski definition) is 2. The quantitative estimate of drug-likeness (QED) is 0.551. The molecule has 0 aliphatic carbocycles. The van der Waals surface area contributed by atoms with Gasteiger partial charge in [-0.15, -0.1) is 0 Å². The minimum Gasteiger partial charge on any atom is -0.464 e. The highest BCUT2D eigenvalue weighted by atomic mass is 32.2. The lowest BCUT2D eigenvalue weighted by molar-refractivity contribution is 0.0594. The molecule has 0 unspecified atom stereocenters. The lowest BCUT2D eigenvalue weighted by atomic mass is 10.3. The van der Waals surface area contributed by atoms with Gasteiger partial charge in [0, 0.05) is 25.0 Å². The number of rotatable bonds is 6. The molecule has 1 rings (SSSR count). The van der Waals surface area contributed by atoms with Crippen LogP contribution in [0.25, 0.3) is 0 Å². The molecule has 2 N–H and O–H groups in total. The molecule has 1 aromatic rings. The van der Waals surface area contributed by atoms with E-state index in [4.69, 9.17) is 0 Å². The van der Waals surface area contributed by atoms with Crippen molar-refractivity contribution in [3.8, 4) is 0 Å². The number of carbonyl (C=O) groups excluding carboxylic acids is 1. The van der Waals surface area contributed by atoms with Gasteiger partial charge >= 0.3 is 5.97 Å². The van der Waals surface area contributed by atoms with Crippen LogP contribution in [0, 0.1) is 0 Å². The predicted molar refractivity (Wildman–Crippen MR) is 66.9 cm³/mol. The van der Waals surface area contributed by atoms with E-state index >= 15 is 0 Å². The van der Waals surface area contributed by atoms with Gasteiger partial charge in [-0.3, -0.25) is 0 Å². The lowest BCUT2D eigenvalue weighted by Crippen LogP contribution is -2.27. The topological polar surface area (TPSA) is 97.4 Å². The van der Waals surface area contributed by atoms with Crippen molar-refractivity contribution in [2.24, 2.45) is 0 Å². The summed E-state index contributed by atoms with van der Waals surface area (Å²) in [6, 6.07) is 3.21. The summed E-state index contributed by atoms with van der Waals surface area (Å²) in [5.41, 5.74) is 0.860. The summed E-state index contributed by atoms with van der Waals surface area (Å²) >= 11 is 0. The van der Waals surface area contributed by atoms with E-state index in [1.165, 1.54) is 19.4 Å². The Balaban J connectivity index is 2.50.